The van der Waals surface area contributed by atoms with E-state index in [0.29, 0.717) is 12.1 Å². The van der Waals surface area contributed by atoms with Crippen LogP contribution in [0, 0.1) is 17.5 Å². The molecule has 7 heteroatoms. The van der Waals surface area contributed by atoms with Gasteiger partial charge in [0.2, 0.25) is 0 Å². The second kappa shape index (κ2) is 4.54. The molecule has 0 aliphatic rings. The number of carbonyl (C=O) groups excluding carboxylic acids is 1. The predicted octanol–water partition coefficient (Wildman–Crippen LogP) is 2.81. The number of thiazole rings is 1. The molecule has 0 saturated heterocycles. The molecule has 1 heterocycles. The fraction of sp³-hybridized carbons (Fsp3) is 0. The lowest BCUT2D eigenvalue weighted by Gasteiger charge is -2.05. The molecule has 2 aromatic rings. The highest BCUT2D eigenvalue weighted by atomic mass is 32.1. The quantitative estimate of drug-likeness (QED) is 0.841. The van der Waals surface area contributed by atoms with Gasteiger partial charge >= 0.3 is 0 Å². The summed E-state index contributed by atoms with van der Waals surface area (Å²) in [5.41, 5.74) is 0.914. The number of nitrogens with one attached hydrogen (secondary N) is 1. The van der Waals surface area contributed by atoms with Gasteiger partial charge in [-0.15, -0.1) is 11.3 Å². The summed E-state index contributed by atoms with van der Waals surface area (Å²) in [6.07, 6.45) is 0. The molecule has 1 aromatic heterocycles. The first-order valence-electron chi connectivity index (χ1n) is 4.42. The second-order valence-electron chi connectivity index (χ2n) is 3.08. The molecule has 0 saturated carbocycles. The molecule has 0 bridgehead atoms. The van der Waals surface area contributed by atoms with Gasteiger partial charge in [0.25, 0.3) is 5.91 Å². The SMILES string of the molecule is O=C(Nc1cc(F)cc(F)c1F)c1cscn1. The Hall–Kier alpha value is -1.89. The van der Waals surface area contributed by atoms with E-state index in [2.05, 4.69) is 4.98 Å². The fourth-order valence-electron chi connectivity index (χ4n) is 1.16. The number of aromatic nitrogens is 1. The normalized spacial score (nSPS) is 10.3. The van der Waals surface area contributed by atoms with Crippen LogP contribution in [0.1, 0.15) is 10.5 Å². The molecule has 0 unspecified atom stereocenters. The standard InChI is InChI=1S/C10H5F3N2OS/c11-5-1-6(12)9(13)7(2-5)15-10(16)8-3-17-4-14-8/h1-4H,(H,15,16). The number of hydrogen-bond acceptors (Lipinski definition) is 3. The molecular weight excluding hydrogens is 253 g/mol. The van der Waals surface area contributed by atoms with Gasteiger partial charge < -0.3 is 5.32 Å². The average molecular weight is 258 g/mol. The van der Waals surface area contributed by atoms with Crippen molar-refractivity contribution in [3.05, 3.63) is 46.2 Å². The lowest BCUT2D eigenvalue weighted by Crippen LogP contribution is -2.14. The van der Waals surface area contributed by atoms with Gasteiger partial charge in [-0.05, 0) is 0 Å². The van der Waals surface area contributed by atoms with E-state index >= 15 is 0 Å². The molecule has 0 fully saturated rings. The van der Waals surface area contributed by atoms with Crippen LogP contribution in [0.15, 0.2) is 23.0 Å². The fourth-order valence-corrected chi connectivity index (χ4v) is 1.69. The van der Waals surface area contributed by atoms with Crippen molar-refractivity contribution in [2.45, 2.75) is 0 Å². The van der Waals surface area contributed by atoms with E-state index in [9.17, 15) is 18.0 Å². The summed E-state index contributed by atoms with van der Waals surface area (Å²) in [5, 5.41) is 3.48. The number of benzene rings is 1. The van der Waals surface area contributed by atoms with E-state index in [4.69, 9.17) is 0 Å². The zero-order valence-electron chi connectivity index (χ0n) is 8.21. The Kier molecular flexibility index (Phi) is 3.10. The van der Waals surface area contributed by atoms with E-state index in [1.807, 2.05) is 5.32 Å². The van der Waals surface area contributed by atoms with Crippen LogP contribution < -0.4 is 5.32 Å². The number of carbonyl (C=O) groups is 1. The van der Waals surface area contributed by atoms with Gasteiger partial charge in [-0.3, -0.25) is 4.79 Å². The van der Waals surface area contributed by atoms with E-state index in [-0.39, 0.29) is 5.69 Å². The Morgan fingerprint density at radius 2 is 2.06 bits per heavy atom. The van der Waals surface area contributed by atoms with Crippen LogP contribution in [0.4, 0.5) is 18.9 Å². The van der Waals surface area contributed by atoms with Crippen molar-refractivity contribution in [1.82, 2.24) is 4.98 Å². The van der Waals surface area contributed by atoms with Crippen molar-refractivity contribution in [3.8, 4) is 0 Å². The molecule has 0 aliphatic carbocycles. The molecular formula is C10H5F3N2OS. The first-order valence-corrected chi connectivity index (χ1v) is 5.36. The molecule has 0 radical (unpaired) electrons. The molecule has 3 nitrogen and oxygen atoms in total. The van der Waals surface area contributed by atoms with Crippen LogP contribution >= 0.6 is 11.3 Å². The van der Waals surface area contributed by atoms with E-state index in [1.54, 1.807) is 0 Å². The van der Waals surface area contributed by atoms with Gasteiger partial charge in [0.05, 0.1) is 11.2 Å². The lowest BCUT2D eigenvalue weighted by atomic mass is 10.2. The van der Waals surface area contributed by atoms with E-state index in [1.165, 1.54) is 22.2 Å². The Morgan fingerprint density at radius 3 is 2.71 bits per heavy atom. The molecule has 0 aliphatic heterocycles. The monoisotopic (exact) mass is 258 g/mol. The van der Waals surface area contributed by atoms with Gasteiger partial charge in [-0.1, -0.05) is 0 Å². The van der Waals surface area contributed by atoms with Crippen LogP contribution in [-0.2, 0) is 0 Å². The van der Waals surface area contributed by atoms with Crippen LogP contribution in [0.2, 0.25) is 0 Å². The Bertz CT molecular complexity index is 557. The largest absolute Gasteiger partial charge is 0.318 e. The summed E-state index contributed by atoms with van der Waals surface area (Å²) < 4.78 is 38.9. The Morgan fingerprint density at radius 1 is 1.29 bits per heavy atom. The number of rotatable bonds is 2. The maximum Gasteiger partial charge on any atom is 0.275 e. The molecule has 88 valence electrons. The lowest BCUT2D eigenvalue weighted by molar-refractivity contribution is 0.102. The zero-order chi connectivity index (χ0) is 12.4. The number of hydrogen-bond donors (Lipinski definition) is 1. The number of amides is 1. The first kappa shape index (κ1) is 11.6. The highest BCUT2D eigenvalue weighted by molar-refractivity contribution is 7.07. The minimum absolute atomic E-state index is 0.0547. The summed E-state index contributed by atoms with van der Waals surface area (Å²) in [7, 11) is 0. The molecule has 1 amide bonds. The maximum atomic E-state index is 13.2. The van der Waals surface area contributed by atoms with Gasteiger partial charge in [-0.2, -0.15) is 0 Å². The van der Waals surface area contributed by atoms with E-state index in [0.717, 1.165) is 0 Å². The van der Waals surface area contributed by atoms with Crippen molar-refractivity contribution in [2.75, 3.05) is 5.32 Å². The predicted molar refractivity (Wildman–Crippen MR) is 56.4 cm³/mol. The zero-order valence-corrected chi connectivity index (χ0v) is 9.02. The highest BCUT2D eigenvalue weighted by Gasteiger charge is 2.15. The molecule has 1 N–H and O–H groups in total. The third-order valence-electron chi connectivity index (χ3n) is 1.91. The van der Waals surface area contributed by atoms with Gasteiger partial charge in [0.15, 0.2) is 11.6 Å². The van der Waals surface area contributed by atoms with Gasteiger partial charge in [-0.25, -0.2) is 18.2 Å². The van der Waals surface area contributed by atoms with Crippen LogP contribution in [0.3, 0.4) is 0 Å². The topological polar surface area (TPSA) is 42.0 Å². The smallest absolute Gasteiger partial charge is 0.275 e. The molecule has 0 atom stereocenters. The van der Waals surface area contributed by atoms with E-state index < -0.39 is 29.0 Å². The van der Waals surface area contributed by atoms with Crippen molar-refractivity contribution < 1.29 is 18.0 Å². The Balaban J connectivity index is 2.28. The minimum atomic E-state index is -1.36. The van der Waals surface area contributed by atoms with Crippen molar-refractivity contribution in [2.24, 2.45) is 0 Å². The van der Waals surface area contributed by atoms with Crippen molar-refractivity contribution >= 4 is 22.9 Å². The molecule has 0 spiro atoms. The molecule has 2 rings (SSSR count). The van der Waals surface area contributed by atoms with Crippen molar-refractivity contribution in [3.63, 3.8) is 0 Å². The second-order valence-corrected chi connectivity index (χ2v) is 3.80. The van der Waals surface area contributed by atoms with Crippen LogP contribution in [0.25, 0.3) is 0 Å². The molecule has 17 heavy (non-hydrogen) atoms. The van der Waals surface area contributed by atoms with Crippen LogP contribution in [-0.4, -0.2) is 10.9 Å². The average Bonchev–Trinajstić information content (AvgIpc) is 2.78. The summed E-state index contributed by atoms with van der Waals surface area (Å²) >= 11 is 1.18. The summed E-state index contributed by atoms with van der Waals surface area (Å²) in [5.74, 6) is -4.37. The van der Waals surface area contributed by atoms with Crippen LogP contribution in [0.5, 0.6) is 0 Å². The van der Waals surface area contributed by atoms with Gasteiger partial charge in [0.1, 0.15) is 11.5 Å². The maximum absolute atomic E-state index is 13.2. The molecule has 1 aromatic carbocycles. The highest BCUT2D eigenvalue weighted by Crippen LogP contribution is 2.19. The minimum Gasteiger partial charge on any atom is -0.318 e. The summed E-state index contributed by atoms with van der Waals surface area (Å²) in [4.78, 5) is 15.2. The summed E-state index contributed by atoms with van der Waals surface area (Å²) in [6.45, 7) is 0. The van der Waals surface area contributed by atoms with Gasteiger partial charge in [0, 0.05) is 17.5 Å². The summed E-state index contributed by atoms with van der Waals surface area (Å²) in [6, 6.07) is 1.09. The first-order chi connectivity index (χ1) is 8.08. The number of halogens is 3. The third-order valence-corrected chi connectivity index (χ3v) is 2.49. The third kappa shape index (κ3) is 2.44. The number of anilines is 1. The number of nitrogens with zero attached hydrogens (tertiary/aromatic N) is 1. The Labute approximate surface area is 97.9 Å². The van der Waals surface area contributed by atoms with Crippen molar-refractivity contribution in [1.29, 1.82) is 0 Å².